The molecule has 3 rings (SSSR count). The van der Waals surface area contributed by atoms with Gasteiger partial charge in [-0.1, -0.05) is 38.1 Å². The summed E-state index contributed by atoms with van der Waals surface area (Å²) in [4.78, 5) is 24.7. The third-order valence-corrected chi connectivity index (χ3v) is 5.63. The molecular weight excluding hydrogens is 474 g/mol. The molecule has 2 aromatic carbocycles. The van der Waals surface area contributed by atoms with Crippen molar-refractivity contribution >= 4 is 23.4 Å². The lowest BCUT2D eigenvalue weighted by Crippen LogP contribution is -2.52. The van der Waals surface area contributed by atoms with Crippen LogP contribution in [0.4, 0.5) is 32.0 Å². The molecule has 0 N–H and O–H groups in total. The molecule has 0 saturated heterocycles. The summed E-state index contributed by atoms with van der Waals surface area (Å²) in [6.45, 7) is 3.81. The van der Waals surface area contributed by atoms with E-state index in [4.69, 9.17) is 4.74 Å². The van der Waals surface area contributed by atoms with Crippen LogP contribution in [0.25, 0.3) is 0 Å². The largest absolute Gasteiger partial charge is 0.484 e. The Morgan fingerprint density at radius 2 is 1.64 bits per heavy atom. The molecule has 0 bridgehead atoms. The van der Waals surface area contributed by atoms with Crippen molar-refractivity contribution in [1.82, 2.24) is 0 Å². The second kappa shape index (κ2) is 10.4. The van der Waals surface area contributed by atoms with Crippen molar-refractivity contribution < 1.29 is 35.9 Å². The van der Waals surface area contributed by atoms with E-state index in [2.05, 4.69) is 0 Å². The predicted molar refractivity (Wildman–Crippen MR) is 112 cm³/mol. The number of carbonyl (C=O) groups is 1. The van der Waals surface area contributed by atoms with E-state index in [1.807, 2.05) is 13.8 Å². The number of thioether (sulfide) groups is 1. The number of fused-ring (bicyclic) bond motifs is 1. The van der Waals surface area contributed by atoms with Crippen LogP contribution >= 0.6 is 11.8 Å². The summed E-state index contributed by atoms with van der Waals surface area (Å²) in [5.41, 5.74) is -6.13. The first-order valence-electron chi connectivity index (χ1n) is 9.75. The first-order valence-corrected chi connectivity index (χ1v) is 10.7. The molecule has 0 spiro atoms. The van der Waals surface area contributed by atoms with Crippen LogP contribution in [0.15, 0.2) is 58.6 Å². The Balaban J connectivity index is 0.00000187. The number of ether oxygens (including phenoxy) is 1. The Kier molecular flexibility index (Phi) is 8.39. The summed E-state index contributed by atoms with van der Waals surface area (Å²) in [5.74, 6) is 0.132. The molecule has 12 heteroatoms. The monoisotopic (exact) mass is 494 g/mol. The van der Waals surface area contributed by atoms with Gasteiger partial charge in [0.15, 0.2) is 6.61 Å². The van der Waals surface area contributed by atoms with Gasteiger partial charge in [-0.3, -0.25) is 4.79 Å². The molecule has 0 atom stereocenters. The first kappa shape index (κ1) is 26.5. The van der Waals surface area contributed by atoms with E-state index in [1.54, 1.807) is 30.3 Å². The van der Waals surface area contributed by atoms with Crippen molar-refractivity contribution in [3.8, 4) is 5.75 Å². The van der Waals surface area contributed by atoms with Crippen LogP contribution in [-0.2, 0) is 10.3 Å². The van der Waals surface area contributed by atoms with Crippen LogP contribution in [0, 0.1) is 4.91 Å². The van der Waals surface area contributed by atoms with Gasteiger partial charge in [-0.15, -0.1) is 16.7 Å². The third-order valence-electron chi connectivity index (χ3n) is 4.60. The Morgan fingerprint density at radius 3 is 2.18 bits per heavy atom. The van der Waals surface area contributed by atoms with Crippen molar-refractivity contribution in [2.75, 3.05) is 23.8 Å². The minimum atomic E-state index is -6.00. The molecule has 0 fully saturated rings. The second-order valence-electron chi connectivity index (χ2n) is 6.48. The maximum absolute atomic E-state index is 13.4. The number of rotatable bonds is 5. The van der Waals surface area contributed by atoms with E-state index in [0.717, 1.165) is 17.8 Å². The lowest BCUT2D eigenvalue weighted by molar-refractivity contribution is -0.301. The molecular formula is C21H20F6N2O3S. The van der Waals surface area contributed by atoms with Gasteiger partial charge in [0.05, 0.1) is 5.69 Å². The average molecular weight is 494 g/mol. The normalized spacial score (nSPS) is 14.0. The fourth-order valence-corrected chi connectivity index (χ4v) is 4.12. The Bertz CT molecular complexity index is 953. The summed E-state index contributed by atoms with van der Waals surface area (Å²) in [6, 6.07) is 10.5. The number of hydrogen-bond acceptors (Lipinski definition) is 5. The van der Waals surface area contributed by atoms with E-state index in [9.17, 15) is 36.0 Å². The van der Waals surface area contributed by atoms with Gasteiger partial charge in [0.1, 0.15) is 5.75 Å². The summed E-state index contributed by atoms with van der Waals surface area (Å²) in [5, 5.41) is 1.49. The highest BCUT2D eigenvalue weighted by Crippen LogP contribution is 2.54. The summed E-state index contributed by atoms with van der Waals surface area (Å²) >= 11 is 0.973. The lowest BCUT2D eigenvalue weighted by atomic mass is 9.89. The zero-order valence-electron chi connectivity index (χ0n) is 17.5. The maximum atomic E-state index is 13.4. The van der Waals surface area contributed by atoms with Gasteiger partial charge in [0.25, 0.3) is 5.91 Å². The average Bonchev–Trinajstić information content (AvgIpc) is 2.78. The predicted octanol–water partition coefficient (Wildman–Crippen LogP) is 6.32. The minimum absolute atomic E-state index is 0.00154. The van der Waals surface area contributed by atoms with E-state index < -0.39 is 29.4 Å². The molecule has 2 aromatic rings. The maximum Gasteiger partial charge on any atom is 0.430 e. The zero-order valence-corrected chi connectivity index (χ0v) is 18.4. The van der Waals surface area contributed by atoms with E-state index in [1.165, 1.54) is 10.1 Å². The molecule has 0 saturated carbocycles. The van der Waals surface area contributed by atoms with Crippen LogP contribution in [0.1, 0.15) is 19.4 Å². The highest BCUT2D eigenvalue weighted by Gasteiger charge is 2.74. The number of halogens is 6. The molecule has 0 radical (unpaired) electrons. The lowest BCUT2D eigenvalue weighted by Gasteiger charge is -2.33. The standard InChI is InChI=1S/C19H14F6N2O3S.C2H6/c20-18(21,22)17(26-29,19(23,24)25)12-6-7-14-15(10-12)31-9-8-27(14)16(28)11-30-13-4-2-1-3-5-13;1-2/h1-7,10H,8-9,11H2;1-2H3. The topological polar surface area (TPSA) is 59.0 Å². The molecule has 0 aliphatic carbocycles. The number of para-hydroxylation sites is 1. The molecule has 5 nitrogen and oxygen atoms in total. The molecule has 1 aliphatic rings. The number of nitroso groups, excluding NO2 is 1. The zero-order chi connectivity index (χ0) is 24.9. The fraction of sp³-hybridized carbons (Fsp3) is 0.381. The van der Waals surface area contributed by atoms with Gasteiger partial charge in [-0.25, -0.2) is 0 Å². The smallest absolute Gasteiger partial charge is 0.430 e. The SMILES string of the molecule is CC.O=NC(c1ccc2c(c1)SCCN2C(=O)COc1ccccc1)(C(F)(F)F)C(F)(F)F. The molecule has 0 aromatic heterocycles. The van der Waals surface area contributed by atoms with Crippen molar-refractivity contribution in [2.24, 2.45) is 5.18 Å². The second-order valence-corrected chi connectivity index (χ2v) is 7.61. The quantitative estimate of drug-likeness (QED) is 0.361. The highest BCUT2D eigenvalue weighted by molar-refractivity contribution is 7.99. The molecule has 180 valence electrons. The van der Waals surface area contributed by atoms with Crippen LogP contribution in [-0.4, -0.2) is 37.2 Å². The van der Waals surface area contributed by atoms with Gasteiger partial charge in [-0.2, -0.15) is 26.3 Å². The van der Waals surface area contributed by atoms with Crippen LogP contribution < -0.4 is 9.64 Å². The van der Waals surface area contributed by atoms with Gasteiger partial charge in [0, 0.05) is 22.8 Å². The van der Waals surface area contributed by atoms with Crippen molar-refractivity contribution in [1.29, 1.82) is 0 Å². The van der Waals surface area contributed by atoms with Gasteiger partial charge >= 0.3 is 17.9 Å². The molecule has 1 amide bonds. The van der Waals surface area contributed by atoms with Crippen LogP contribution in [0.5, 0.6) is 5.75 Å². The number of nitrogens with zero attached hydrogens (tertiary/aromatic N) is 2. The van der Waals surface area contributed by atoms with Crippen LogP contribution in [0.2, 0.25) is 0 Å². The molecule has 1 heterocycles. The van der Waals surface area contributed by atoms with Gasteiger partial charge in [-0.05, 0) is 29.4 Å². The van der Waals surface area contributed by atoms with E-state index >= 15 is 0 Å². The summed E-state index contributed by atoms with van der Waals surface area (Å²) in [6.07, 6.45) is -12.0. The number of carbonyl (C=O) groups excluding carboxylic acids is 1. The van der Waals surface area contributed by atoms with Gasteiger partial charge in [0.2, 0.25) is 0 Å². The number of anilines is 1. The van der Waals surface area contributed by atoms with Gasteiger partial charge < -0.3 is 9.64 Å². The molecule has 33 heavy (non-hydrogen) atoms. The van der Waals surface area contributed by atoms with Crippen molar-refractivity contribution in [3.63, 3.8) is 0 Å². The number of hydrogen-bond donors (Lipinski definition) is 0. The van der Waals surface area contributed by atoms with Crippen LogP contribution in [0.3, 0.4) is 0 Å². The minimum Gasteiger partial charge on any atom is -0.484 e. The molecule has 0 unspecified atom stereocenters. The summed E-state index contributed by atoms with van der Waals surface area (Å²) < 4.78 is 85.5. The Morgan fingerprint density at radius 1 is 1.03 bits per heavy atom. The van der Waals surface area contributed by atoms with Crippen molar-refractivity contribution in [3.05, 3.63) is 59.0 Å². The highest BCUT2D eigenvalue weighted by atomic mass is 32.2. The third kappa shape index (κ3) is 5.26. The number of benzene rings is 2. The Labute approximate surface area is 190 Å². The number of amides is 1. The fourth-order valence-electron chi connectivity index (χ4n) is 3.09. The van der Waals surface area contributed by atoms with E-state index in [0.29, 0.717) is 17.9 Å². The van der Waals surface area contributed by atoms with Crippen molar-refractivity contribution in [2.45, 2.75) is 36.6 Å². The first-order chi connectivity index (χ1) is 15.5. The van der Waals surface area contributed by atoms with E-state index in [-0.39, 0.29) is 29.5 Å². The Hall–Kier alpha value is -2.76. The summed E-state index contributed by atoms with van der Waals surface area (Å²) in [7, 11) is 0. The number of alkyl halides is 6. The molecule has 1 aliphatic heterocycles.